The normalized spacial score (nSPS) is 19.5. The van der Waals surface area contributed by atoms with E-state index >= 15 is 0 Å². The molecule has 4 nitrogen and oxygen atoms in total. The molecule has 112 valence electrons. The van der Waals surface area contributed by atoms with Crippen LogP contribution in [0.5, 0.6) is 0 Å². The van der Waals surface area contributed by atoms with Gasteiger partial charge in [0.05, 0.1) is 5.69 Å². The SMILES string of the molecule is CN(c1nc2ccccn2c1CNC1CC1)C1CCCC1. The first-order valence-electron chi connectivity index (χ1n) is 8.25. The van der Waals surface area contributed by atoms with Crippen LogP contribution in [0.3, 0.4) is 0 Å². The first-order chi connectivity index (χ1) is 10.3. The summed E-state index contributed by atoms with van der Waals surface area (Å²) < 4.78 is 2.25. The highest BCUT2D eigenvalue weighted by Crippen LogP contribution is 2.30. The summed E-state index contributed by atoms with van der Waals surface area (Å²) in [5, 5.41) is 3.65. The molecule has 0 aliphatic heterocycles. The minimum atomic E-state index is 0.662. The van der Waals surface area contributed by atoms with Crippen molar-refractivity contribution in [2.24, 2.45) is 0 Å². The van der Waals surface area contributed by atoms with Crippen molar-refractivity contribution in [3.8, 4) is 0 Å². The van der Waals surface area contributed by atoms with Gasteiger partial charge >= 0.3 is 0 Å². The van der Waals surface area contributed by atoms with Crippen molar-refractivity contribution in [3.05, 3.63) is 30.1 Å². The van der Waals surface area contributed by atoms with Gasteiger partial charge in [-0.25, -0.2) is 4.98 Å². The number of hydrogen-bond donors (Lipinski definition) is 1. The van der Waals surface area contributed by atoms with Gasteiger partial charge in [-0.1, -0.05) is 18.9 Å². The molecule has 2 aliphatic rings. The van der Waals surface area contributed by atoms with Crippen molar-refractivity contribution in [2.75, 3.05) is 11.9 Å². The number of imidazole rings is 1. The Bertz CT molecular complexity index is 623. The predicted octanol–water partition coefficient (Wildman–Crippen LogP) is 2.97. The fraction of sp³-hybridized carbons (Fsp3) is 0.588. The predicted molar refractivity (Wildman–Crippen MR) is 85.7 cm³/mol. The van der Waals surface area contributed by atoms with Gasteiger partial charge in [-0.3, -0.25) is 0 Å². The van der Waals surface area contributed by atoms with Crippen LogP contribution in [0.2, 0.25) is 0 Å². The van der Waals surface area contributed by atoms with Gasteiger partial charge in [0.1, 0.15) is 5.65 Å². The first-order valence-corrected chi connectivity index (χ1v) is 8.25. The monoisotopic (exact) mass is 284 g/mol. The molecule has 0 amide bonds. The Labute approximate surface area is 126 Å². The van der Waals surface area contributed by atoms with Crippen molar-refractivity contribution < 1.29 is 0 Å². The minimum absolute atomic E-state index is 0.662. The lowest BCUT2D eigenvalue weighted by Crippen LogP contribution is -2.30. The van der Waals surface area contributed by atoms with E-state index in [4.69, 9.17) is 4.98 Å². The number of nitrogens with zero attached hydrogens (tertiary/aromatic N) is 3. The zero-order valence-electron chi connectivity index (χ0n) is 12.8. The second-order valence-electron chi connectivity index (χ2n) is 6.52. The summed E-state index contributed by atoms with van der Waals surface area (Å²) in [5.74, 6) is 1.17. The molecule has 0 spiro atoms. The number of nitrogens with one attached hydrogen (secondary N) is 1. The topological polar surface area (TPSA) is 32.6 Å². The smallest absolute Gasteiger partial charge is 0.152 e. The fourth-order valence-corrected chi connectivity index (χ4v) is 3.47. The van der Waals surface area contributed by atoms with Gasteiger partial charge < -0.3 is 14.6 Å². The Balaban J connectivity index is 1.69. The molecular weight excluding hydrogens is 260 g/mol. The third-order valence-electron chi connectivity index (χ3n) is 4.95. The lowest BCUT2D eigenvalue weighted by atomic mass is 10.2. The maximum atomic E-state index is 4.90. The standard InChI is InChI=1S/C17H24N4/c1-20(14-6-2-3-7-14)17-15(12-18-13-9-10-13)21-11-5-4-8-16(21)19-17/h4-5,8,11,13-14,18H,2-3,6-7,9-10,12H2,1H3. The summed E-state index contributed by atoms with van der Waals surface area (Å²) in [5.41, 5.74) is 2.37. The molecule has 0 aromatic carbocycles. The fourth-order valence-electron chi connectivity index (χ4n) is 3.47. The average Bonchev–Trinajstić information content (AvgIpc) is 3.04. The molecule has 0 unspecified atom stereocenters. The Morgan fingerprint density at radius 1 is 1.24 bits per heavy atom. The molecule has 0 atom stereocenters. The molecule has 0 radical (unpaired) electrons. The van der Waals surface area contributed by atoms with E-state index in [9.17, 15) is 0 Å². The van der Waals surface area contributed by atoms with Gasteiger partial charge in [0.15, 0.2) is 5.82 Å². The molecule has 2 aromatic rings. The quantitative estimate of drug-likeness (QED) is 0.916. The van der Waals surface area contributed by atoms with Gasteiger partial charge in [-0.2, -0.15) is 0 Å². The molecule has 0 saturated heterocycles. The molecule has 2 fully saturated rings. The third-order valence-corrected chi connectivity index (χ3v) is 4.95. The zero-order chi connectivity index (χ0) is 14.2. The highest BCUT2D eigenvalue weighted by molar-refractivity contribution is 5.56. The molecule has 2 aromatic heterocycles. The molecule has 2 heterocycles. The number of pyridine rings is 1. The van der Waals surface area contributed by atoms with E-state index in [1.54, 1.807) is 0 Å². The maximum Gasteiger partial charge on any atom is 0.152 e. The molecule has 2 saturated carbocycles. The lowest BCUT2D eigenvalue weighted by molar-refractivity contribution is 0.631. The first kappa shape index (κ1) is 13.1. The number of rotatable bonds is 5. The van der Waals surface area contributed by atoms with Gasteiger partial charge in [0.25, 0.3) is 0 Å². The average molecular weight is 284 g/mol. The van der Waals surface area contributed by atoms with Crippen molar-refractivity contribution in [3.63, 3.8) is 0 Å². The molecule has 0 bridgehead atoms. The molecule has 4 heteroatoms. The van der Waals surface area contributed by atoms with Crippen molar-refractivity contribution in [2.45, 2.75) is 57.2 Å². The Hall–Kier alpha value is -1.55. The molecular formula is C17H24N4. The number of fused-ring (bicyclic) bond motifs is 1. The van der Waals surface area contributed by atoms with E-state index in [-0.39, 0.29) is 0 Å². The summed E-state index contributed by atoms with van der Waals surface area (Å²) in [7, 11) is 2.22. The van der Waals surface area contributed by atoms with E-state index in [2.05, 4.69) is 46.1 Å². The van der Waals surface area contributed by atoms with E-state index < -0.39 is 0 Å². The van der Waals surface area contributed by atoms with Crippen molar-refractivity contribution >= 4 is 11.5 Å². The van der Waals surface area contributed by atoms with Crippen LogP contribution in [0, 0.1) is 0 Å². The highest BCUT2D eigenvalue weighted by Gasteiger charge is 2.26. The van der Waals surface area contributed by atoms with Crippen molar-refractivity contribution in [1.82, 2.24) is 14.7 Å². The van der Waals surface area contributed by atoms with Crippen LogP contribution in [0.4, 0.5) is 5.82 Å². The van der Waals surface area contributed by atoms with Gasteiger partial charge in [-0.15, -0.1) is 0 Å². The summed E-state index contributed by atoms with van der Waals surface area (Å²) in [6.07, 6.45) is 10.1. The molecule has 1 N–H and O–H groups in total. The summed E-state index contributed by atoms with van der Waals surface area (Å²) in [4.78, 5) is 7.32. The molecule has 2 aliphatic carbocycles. The molecule has 4 rings (SSSR count). The number of anilines is 1. The van der Waals surface area contributed by atoms with Crippen LogP contribution < -0.4 is 10.2 Å². The summed E-state index contributed by atoms with van der Waals surface area (Å²) in [6.45, 7) is 0.919. The van der Waals surface area contributed by atoms with E-state index in [1.807, 2.05) is 0 Å². The second-order valence-corrected chi connectivity index (χ2v) is 6.52. The van der Waals surface area contributed by atoms with Crippen molar-refractivity contribution in [1.29, 1.82) is 0 Å². The Kier molecular flexibility index (Phi) is 3.34. The molecule has 21 heavy (non-hydrogen) atoms. The summed E-state index contributed by atoms with van der Waals surface area (Å²) >= 11 is 0. The maximum absolute atomic E-state index is 4.90. The largest absolute Gasteiger partial charge is 0.355 e. The van der Waals surface area contributed by atoms with Crippen LogP contribution in [-0.4, -0.2) is 28.5 Å². The van der Waals surface area contributed by atoms with Crippen LogP contribution in [0.15, 0.2) is 24.4 Å². The van der Waals surface area contributed by atoms with E-state index in [1.165, 1.54) is 50.0 Å². The lowest BCUT2D eigenvalue weighted by Gasteiger charge is -2.25. The summed E-state index contributed by atoms with van der Waals surface area (Å²) in [6, 6.07) is 7.65. The number of aromatic nitrogens is 2. The highest BCUT2D eigenvalue weighted by atomic mass is 15.2. The van der Waals surface area contributed by atoms with Crippen LogP contribution in [-0.2, 0) is 6.54 Å². The van der Waals surface area contributed by atoms with Gasteiger partial charge in [0.2, 0.25) is 0 Å². The zero-order valence-corrected chi connectivity index (χ0v) is 12.8. The minimum Gasteiger partial charge on any atom is -0.355 e. The van der Waals surface area contributed by atoms with Gasteiger partial charge in [0, 0.05) is 31.9 Å². The van der Waals surface area contributed by atoms with E-state index in [0.717, 1.165) is 18.2 Å². The van der Waals surface area contributed by atoms with Crippen LogP contribution in [0.25, 0.3) is 5.65 Å². The Morgan fingerprint density at radius 3 is 2.81 bits per heavy atom. The Morgan fingerprint density at radius 2 is 2.05 bits per heavy atom. The van der Waals surface area contributed by atoms with Crippen LogP contribution >= 0.6 is 0 Å². The van der Waals surface area contributed by atoms with Crippen LogP contribution in [0.1, 0.15) is 44.2 Å². The number of hydrogen-bond acceptors (Lipinski definition) is 3. The second kappa shape index (κ2) is 5.34. The van der Waals surface area contributed by atoms with E-state index in [0.29, 0.717) is 6.04 Å². The third kappa shape index (κ3) is 2.53. The van der Waals surface area contributed by atoms with Gasteiger partial charge in [-0.05, 0) is 37.8 Å².